The van der Waals surface area contributed by atoms with Gasteiger partial charge in [-0.3, -0.25) is 9.59 Å². The number of rotatable bonds is 3. The molecule has 3 saturated carbocycles. The van der Waals surface area contributed by atoms with Crippen LogP contribution >= 0.6 is 11.6 Å². The molecule has 0 bridgehead atoms. The van der Waals surface area contributed by atoms with E-state index in [-0.39, 0.29) is 28.2 Å². The second-order valence-corrected chi connectivity index (χ2v) is 13.5. The Morgan fingerprint density at radius 2 is 1.72 bits per heavy atom. The molecule has 0 radical (unpaired) electrons. The van der Waals surface area contributed by atoms with E-state index in [1.165, 1.54) is 11.3 Å². The summed E-state index contributed by atoms with van der Waals surface area (Å²) in [6.07, 6.45) is 10.4. The lowest BCUT2D eigenvalue weighted by Gasteiger charge is -2.58. The monoisotopic (exact) mass is 508 g/mol. The summed E-state index contributed by atoms with van der Waals surface area (Å²) in [6, 6.07) is 8.12. The number of hydrogen-bond donors (Lipinski definition) is 2. The van der Waals surface area contributed by atoms with Gasteiger partial charge in [0.1, 0.15) is 0 Å². The molecule has 1 aliphatic heterocycles. The Kier molecular flexibility index (Phi) is 5.87. The highest BCUT2D eigenvalue weighted by Crippen LogP contribution is 2.64. The molecule has 0 spiro atoms. The zero-order valence-corrected chi connectivity index (χ0v) is 22.8. The molecule has 1 heterocycles. The van der Waals surface area contributed by atoms with Gasteiger partial charge in [0.05, 0.1) is 5.54 Å². The number of hydrogen-bond acceptors (Lipinski definition) is 3. The number of amides is 1. The standard InChI is InChI=1S/C31H41ClN2O2/c1-19-26(35)13-17-30(3)24-12-16-29(2)23(22(24)18-33-27(19)30)10-11-25(29)28(36)34-31(14-4-5-15-31)20-6-8-21(32)9-7-20/h6-9,22-25,33H,4-5,10-18H2,1-3H3,(H,34,36)/t22-,23-,24-,25+,29-,30+/m0/s1. The molecule has 5 heteroatoms. The fraction of sp³-hybridized carbons (Fsp3) is 0.677. The molecule has 1 aromatic carbocycles. The fourth-order valence-electron chi connectivity index (χ4n) is 9.53. The number of allylic oxidation sites excluding steroid dienone is 2. The van der Waals surface area contributed by atoms with Crippen LogP contribution in [-0.4, -0.2) is 18.2 Å². The third-order valence-corrected chi connectivity index (χ3v) is 11.8. The van der Waals surface area contributed by atoms with Crippen LogP contribution in [0.25, 0.3) is 0 Å². The van der Waals surface area contributed by atoms with Gasteiger partial charge in [0.25, 0.3) is 0 Å². The lowest BCUT2D eigenvalue weighted by Crippen LogP contribution is -2.58. The second kappa shape index (κ2) is 8.61. The van der Waals surface area contributed by atoms with Crippen LogP contribution in [0.15, 0.2) is 35.5 Å². The van der Waals surface area contributed by atoms with Crippen LogP contribution in [0.5, 0.6) is 0 Å². The van der Waals surface area contributed by atoms with Crippen molar-refractivity contribution in [2.45, 2.75) is 90.5 Å². The van der Waals surface area contributed by atoms with Gasteiger partial charge in [-0.1, -0.05) is 50.4 Å². The van der Waals surface area contributed by atoms with Crippen molar-refractivity contribution in [1.29, 1.82) is 0 Å². The first-order valence-electron chi connectivity index (χ1n) is 14.2. The average molecular weight is 509 g/mol. The lowest BCUT2D eigenvalue weighted by atomic mass is 9.49. The van der Waals surface area contributed by atoms with Crippen LogP contribution in [-0.2, 0) is 15.1 Å². The van der Waals surface area contributed by atoms with Crippen LogP contribution in [0.2, 0.25) is 5.02 Å². The van der Waals surface area contributed by atoms with Crippen molar-refractivity contribution in [2.24, 2.45) is 34.5 Å². The quantitative estimate of drug-likeness (QED) is 0.488. The molecule has 4 fully saturated rings. The fourth-order valence-corrected chi connectivity index (χ4v) is 9.65. The van der Waals surface area contributed by atoms with E-state index in [0.29, 0.717) is 30.0 Å². The van der Waals surface area contributed by atoms with E-state index in [1.54, 1.807) is 0 Å². The van der Waals surface area contributed by atoms with E-state index in [9.17, 15) is 9.59 Å². The lowest BCUT2D eigenvalue weighted by molar-refractivity contribution is -0.134. The maximum atomic E-state index is 14.0. The molecule has 1 amide bonds. The van der Waals surface area contributed by atoms with E-state index in [0.717, 1.165) is 74.9 Å². The third kappa shape index (κ3) is 3.53. The molecule has 0 aromatic heterocycles. The summed E-state index contributed by atoms with van der Waals surface area (Å²) in [7, 11) is 0. The number of ketones is 1. The first kappa shape index (κ1) is 24.5. The van der Waals surface area contributed by atoms with Crippen molar-refractivity contribution in [3.63, 3.8) is 0 Å². The number of nitrogens with one attached hydrogen (secondary N) is 2. The SMILES string of the molecule is CC1=C2NC[C@H]3[C@@H]4CC[C@H](C(=O)NC5(c6ccc(Cl)cc6)CCCC5)[C@@]4(C)CC[C@@H]3[C@@]2(C)CCC1=O. The molecule has 4 nitrogen and oxygen atoms in total. The molecule has 4 aliphatic carbocycles. The maximum Gasteiger partial charge on any atom is 0.224 e. The van der Waals surface area contributed by atoms with Gasteiger partial charge in [0.2, 0.25) is 5.91 Å². The van der Waals surface area contributed by atoms with Crippen LogP contribution in [0.4, 0.5) is 0 Å². The summed E-state index contributed by atoms with van der Waals surface area (Å²) in [5.74, 6) is 2.40. The highest BCUT2D eigenvalue weighted by Gasteiger charge is 2.61. The summed E-state index contributed by atoms with van der Waals surface area (Å²) < 4.78 is 0. The largest absolute Gasteiger partial charge is 0.387 e. The van der Waals surface area contributed by atoms with Gasteiger partial charge in [0.15, 0.2) is 5.78 Å². The van der Waals surface area contributed by atoms with Gasteiger partial charge < -0.3 is 10.6 Å². The molecular formula is C31H41ClN2O2. The van der Waals surface area contributed by atoms with Crippen molar-refractivity contribution >= 4 is 23.3 Å². The number of piperidine rings is 1. The zero-order valence-electron chi connectivity index (χ0n) is 22.1. The van der Waals surface area contributed by atoms with Crippen molar-refractivity contribution in [3.8, 4) is 0 Å². The highest BCUT2D eigenvalue weighted by atomic mass is 35.5. The van der Waals surface area contributed by atoms with Crippen molar-refractivity contribution in [1.82, 2.24) is 10.6 Å². The van der Waals surface area contributed by atoms with E-state index in [2.05, 4.69) is 36.6 Å². The summed E-state index contributed by atoms with van der Waals surface area (Å²) in [6.45, 7) is 7.78. The van der Waals surface area contributed by atoms with E-state index >= 15 is 0 Å². The number of fused-ring (bicyclic) bond motifs is 5. The molecule has 5 aliphatic rings. The molecule has 6 rings (SSSR count). The Morgan fingerprint density at radius 1 is 1.00 bits per heavy atom. The van der Waals surface area contributed by atoms with Crippen molar-refractivity contribution in [2.75, 3.05) is 6.54 Å². The molecule has 1 saturated heterocycles. The highest BCUT2D eigenvalue weighted by molar-refractivity contribution is 6.30. The number of carbonyl (C=O) groups is 2. The van der Waals surface area contributed by atoms with Gasteiger partial charge >= 0.3 is 0 Å². The zero-order chi connectivity index (χ0) is 25.3. The molecule has 36 heavy (non-hydrogen) atoms. The Balaban J connectivity index is 1.24. The number of halogens is 1. The normalized spacial score (nSPS) is 39.2. The van der Waals surface area contributed by atoms with Gasteiger partial charge in [-0.05, 0) is 92.7 Å². The minimum atomic E-state index is -0.251. The van der Waals surface area contributed by atoms with E-state index < -0.39 is 0 Å². The van der Waals surface area contributed by atoms with Crippen LogP contribution in [0.1, 0.15) is 90.5 Å². The minimum absolute atomic E-state index is 0.0455. The number of Topliss-reactive ketones (excluding diaryl/α,β-unsaturated/α-hetero) is 1. The van der Waals surface area contributed by atoms with Crippen molar-refractivity contribution < 1.29 is 9.59 Å². The average Bonchev–Trinajstić information content (AvgIpc) is 3.47. The Morgan fingerprint density at radius 3 is 2.44 bits per heavy atom. The Labute approximate surface area is 221 Å². The van der Waals surface area contributed by atoms with Gasteiger partial charge in [-0.15, -0.1) is 0 Å². The summed E-state index contributed by atoms with van der Waals surface area (Å²) in [4.78, 5) is 26.5. The molecule has 0 unspecified atom stereocenters. The van der Waals surface area contributed by atoms with Crippen molar-refractivity contribution in [3.05, 3.63) is 46.1 Å². The predicted molar refractivity (Wildman–Crippen MR) is 143 cm³/mol. The summed E-state index contributed by atoms with van der Waals surface area (Å²) >= 11 is 6.18. The second-order valence-electron chi connectivity index (χ2n) is 13.1. The predicted octanol–water partition coefficient (Wildman–Crippen LogP) is 6.53. The smallest absolute Gasteiger partial charge is 0.224 e. The third-order valence-electron chi connectivity index (χ3n) is 11.5. The van der Waals surface area contributed by atoms with Crippen LogP contribution in [0, 0.1) is 34.5 Å². The number of benzene rings is 1. The summed E-state index contributed by atoms with van der Waals surface area (Å²) in [5.41, 5.74) is 3.26. The molecular weight excluding hydrogens is 468 g/mol. The van der Waals surface area contributed by atoms with Gasteiger partial charge in [0, 0.05) is 40.6 Å². The van der Waals surface area contributed by atoms with Crippen LogP contribution in [0.3, 0.4) is 0 Å². The van der Waals surface area contributed by atoms with Gasteiger partial charge in [-0.2, -0.15) is 0 Å². The topological polar surface area (TPSA) is 58.2 Å². The number of carbonyl (C=O) groups excluding carboxylic acids is 2. The molecule has 194 valence electrons. The molecule has 6 atom stereocenters. The first-order chi connectivity index (χ1) is 17.2. The molecule has 1 aromatic rings. The molecule has 2 N–H and O–H groups in total. The Bertz CT molecular complexity index is 1100. The van der Waals surface area contributed by atoms with E-state index in [1.807, 2.05) is 19.1 Å². The van der Waals surface area contributed by atoms with Gasteiger partial charge in [-0.25, -0.2) is 0 Å². The Hall–Kier alpha value is -1.81. The summed E-state index contributed by atoms with van der Waals surface area (Å²) in [5, 5.41) is 8.12. The van der Waals surface area contributed by atoms with E-state index in [4.69, 9.17) is 11.6 Å². The van der Waals surface area contributed by atoms with Crippen LogP contribution < -0.4 is 10.6 Å². The maximum absolute atomic E-state index is 14.0. The first-order valence-corrected chi connectivity index (χ1v) is 14.6. The minimum Gasteiger partial charge on any atom is -0.387 e.